The van der Waals surface area contributed by atoms with E-state index in [-0.39, 0.29) is 0 Å². The predicted molar refractivity (Wildman–Crippen MR) is 70.8 cm³/mol. The molecule has 1 fully saturated rings. The summed E-state index contributed by atoms with van der Waals surface area (Å²) in [6, 6.07) is 0.589. The number of nitrogens with one attached hydrogen (secondary N) is 1. The average molecular weight is 242 g/mol. The first-order chi connectivity index (χ1) is 8.33. The van der Waals surface area contributed by atoms with Gasteiger partial charge in [-0.3, -0.25) is 5.43 Å². The van der Waals surface area contributed by atoms with Crippen LogP contribution in [0, 0.1) is 0 Å². The fourth-order valence-electron chi connectivity index (χ4n) is 2.37. The Kier molecular flexibility index (Phi) is 6.96. The molecule has 5 heteroatoms. The molecule has 0 aliphatic carbocycles. The molecule has 100 valence electrons. The SMILES string of the molecule is CCCC1CCCCN1C(=NCCOC)NN. The molecule has 1 atom stereocenters. The van der Waals surface area contributed by atoms with Crippen molar-refractivity contribution in [1.82, 2.24) is 10.3 Å². The smallest absolute Gasteiger partial charge is 0.208 e. The van der Waals surface area contributed by atoms with Crippen LogP contribution in [0.4, 0.5) is 0 Å². The van der Waals surface area contributed by atoms with E-state index in [1.165, 1.54) is 32.1 Å². The molecule has 1 unspecified atom stereocenters. The molecule has 1 aliphatic heterocycles. The lowest BCUT2D eigenvalue weighted by molar-refractivity contribution is 0.203. The quantitative estimate of drug-likeness (QED) is 0.249. The van der Waals surface area contributed by atoms with Gasteiger partial charge in [-0.25, -0.2) is 10.8 Å². The number of nitrogens with two attached hydrogens (primary N) is 1. The van der Waals surface area contributed by atoms with Crippen molar-refractivity contribution in [3.63, 3.8) is 0 Å². The second-order valence-electron chi connectivity index (χ2n) is 4.47. The molecule has 0 saturated carbocycles. The number of aliphatic imine (C=N–C) groups is 1. The van der Waals surface area contributed by atoms with Gasteiger partial charge in [-0.15, -0.1) is 0 Å². The summed E-state index contributed by atoms with van der Waals surface area (Å²) in [5.74, 6) is 6.40. The summed E-state index contributed by atoms with van der Waals surface area (Å²) in [7, 11) is 1.69. The van der Waals surface area contributed by atoms with Gasteiger partial charge in [0.2, 0.25) is 5.96 Å². The Morgan fingerprint density at radius 2 is 2.35 bits per heavy atom. The van der Waals surface area contributed by atoms with E-state index in [4.69, 9.17) is 10.6 Å². The maximum absolute atomic E-state index is 5.58. The zero-order chi connectivity index (χ0) is 12.5. The third-order valence-electron chi connectivity index (χ3n) is 3.21. The number of hydrazine groups is 1. The molecule has 0 aromatic heterocycles. The van der Waals surface area contributed by atoms with E-state index < -0.39 is 0 Å². The molecule has 5 nitrogen and oxygen atoms in total. The Morgan fingerprint density at radius 3 is 3.00 bits per heavy atom. The normalized spacial score (nSPS) is 21.7. The van der Waals surface area contributed by atoms with Gasteiger partial charge in [0.05, 0.1) is 13.2 Å². The number of methoxy groups -OCH3 is 1. The van der Waals surface area contributed by atoms with Gasteiger partial charge in [-0.05, 0) is 25.7 Å². The molecule has 0 radical (unpaired) electrons. The number of guanidine groups is 1. The lowest BCUT2D eigenvalue weighted by Gasteiger charge is -2.37. The number of hydrogen-bond acceptors (Lipinski definition) is 3. The van der Waals surface area contributed by atoms with Crippen molar-refractivity contribution >= 4 is 5.96 Å². The summed E-state index contributed by atoms with van der Waals surface area (Å²) in [5.41, 5.74) is 2.74. The molecule has 0 bridgehead atoms. The van der Waals surface area contributed by atoms with Gasteiger partial charge in [0, 0.05) is 19.7 Å². The van der Waals surface area contributed by atoms with Gasteiger partial charge in [0.1, 0.15) is 0 Å². The highest BCUT2D eigenvalue weighted by Gasteiger charge is 2.23. The van der Waals surface area contributed by atoms with E-state index >= 15 is 0 Å². The van der Waals surface area contributed by atoms with E-state index in [0.717, 1.165) is 12.5 Å². The van der Waals surface area contributed by atoms with E-state index in [9.17, 15) is 0 Å². The van der Waals surface area contributed by atoms with Crippen molar-refractivity contribution in [3.8, 4) is 0 Å². The van der Waals surface area contributed by atoms with Crippen molar-refractivity contribution in [2.24, 2.45) is 10.8 Å². The topological polar surface area (TPSA) is 62.9 Å². The molecule has 0 spiro atoms. The minimum atomic E-state index is 0.589. The third kappa shape index (κ3) is 4.52. The second kappa shape index (κ2) is 8.31. The Balaban J connectivity index is 2.59. The molecule has 0 amide bonds. The number of nitrogens with zero attached hydrogens (tertiary/aromatic N) is 2. The molecule has 1 heterocycles. The second-order valence-corrected chi connectivity index (χ2v) is 4.47. The number of likely N-dealkylation sites (tertiary alicyclic amines) is 1. The maximum atomic E-state index is 5.58. The summed E-state index contributed by atoms with van der Waals surface area (Å²) in [6.07, 6.45) is 6.21. The van der Waals surface area contributed by atoms with Gasteiger partial charge in [0.15, 0.2) is 0 Å². The highest BCUT2D eigenvalue weighted by Crippen LogP contribution is 2.20. The number of ether oxygens (including phenoxy) is 1. The van der Waals surface area contributed by atoms with Crippen LogP contribution in [0.3, 0.4) is 0 Å². The fraction of sp³-hybridized carbons (Fsp3) is 0.917. The van der Waals surface area contributed by atoms with Crippen LogP contribution in [0.1, 0.15) is 39.0 Å². The Morgan fingerprint density at radius 1 is 1.53 bits per heavy atom. The van der Waals surface area contributed by atoms with E-state index in [1.54, 1.807) is 7.11 Å². The Labute approximate surface area is 104 Å². The summed E-state index contributed by atoms with van der Waals surface area (Å²) < 4.78 is 5.00. The largest absolute Gasteiger partial charge is 0.383 e. The van der Waals surface area contributed by atoms with Crippen LogP contribution in [0.5, 0.6) is 0 Å². The maximum Gasteiger partial charge on any atom is 0.208 e. The van der Waals surface area contributed by atoms with Crippen LogP contribution in [0.15, 0.2) is 4.99 Å². The third-order valence-corrected chi connectivity index (χ3v) is 3.21. The number of piperidine rings is 1. The summed E-state index contributed by atoms with van der Waals surface area (Å²) in [6.45, 7) is 4.58. The van der Waals surface area contributed by atoms with Crippen LogP contribution in [-0.4, -0.2) is 43.7 Å². The molecule has 0 aromatic carbocycles. The van der Waals surface area contributed by atoms with E-state index in [0.29, 0.717) is 19.2 Å². The minimum Gasteiger partial charge on any atom is -0.383 e. The molecular formula is C12H26N4O. The van der Waals surface area contributed by atoms with Crippen molar-refractivity contribution < 1.29 is 4.74 Å². The average Bonchev–Trinajstić information content (AvgIpc) is 2.36. The molecule has 17 heavy (non-hydrogen) atoms. The molecular weight excluding hydrogens is 216 g/mol. The predicted octanol–water partition coefficient (Wildman–Crippen LogP) is 1.11. The van der Waals surface area contributed by atoms with Crippen LogP contribution < -0.4 is 11.3 Å². The fourth-order valence-corrected chi connectivity index (χ4v) is 2.37. The zero-order valence-corrected chi connectivity index (χ0v) is 11.1. The van der Waals surface area contributed by atoms with Gasteiger partial charge >= 0.3 is 0 Å². The lowest BCUT2D eigenvalue weighted by Crippen LogP contribution is -2.51. The van der Waals surface area contributed by atoms with Crippen LogP contribution >= 0.6 is 0 Å². The zero-order valence-electron chi connectivity index (χ0n) is 11.1. The van der Waals surface area contributed by atoms with Gasteiger partial charge in [-0.2, -0.15) is 0 Å². The molecule has 1 aliphatic rings. The van der Waals surface area contributed by atoms with Gasteiger partial charge < -0.3 is 9.64 Å². The van der Waals surface area contributed by atoms with Crippen molar-refractivity contribution in [3.05, 3.63) is 0 Å². The first kappa shape index (κ1) is 14.3. The molecule has 1 saturated heterocycles. The first-order valence-electron chi connectivity index (χ1n) is 6.60. The van der Waals surface area contributed by atoms with Crippen LogP contribution in [0.25, 0.3) is 0 Å². The number of rotatable bonds is 5. The molecule has 0 aromatic rings. The van der Waals surface area contributed by atoms with Crippen molar-refractivity contribution in [2.45, 2.75) is 45.1 Å². The Bertz CT molecular complexity index is 231. The van der Waals surface area contributed by atoms with E-state index in [1.807, 2.05) is 0 Å². The monoisotopic (exact) mass is 242 g/mol. The van der Waals surface area contributed by atoms with Crippen LogP contribution in [-0.2, 0) is 4.74 Å². The van der Waals surface area contributed by atoms with Crippen molar-refractivity contribution in [1.29, 1.82) is 0 Å². The van der Waals surface area contributed by atoms with Crippen LogP contribution in [0.2, 0.25) is 0 Å². The number of hydrogen-bond donors (Lipinski definition) is 2. The summed E-state index contributed by atoms with van der Waals surface area (Å²) >= 11 is 0. The van der Waals surface area contributed by atoms with Gasteiger partial charge in [-0.1, -0.05) is 13.3 Å². The standard InChI is InChI=1S/C12H26N4O/c1-3-6-11-7-4-5-9-16(11)12(15-13)14-8-10-17-2/h11H,3-10,13H2,1-2H3,(H,14,15). The Hall–Kier alpha value is -0.810. The molecule has 3 N–H and O–H groups in total. The highest BCUT2D eigenvalue weighted by atomic mass is 16.5. The summed E-state index contributed by atoms with van der Waals surface area (Å²) in [5, 5.41) is 0. The van der Waals surface area contributed by atoms with E-state index in [2.05, 4.69) is 22.2 Å². The first-order valence-corrected chi connectivity index (χ1v) is 6.60. The molecule has 1 rings (SSSR count). The highest BCUT2D eigenvalue weighted by molar-refractivity contribution is 5.79. The van der Waals surface area contributed by atoms with Gasteiger partial charge in [0.25, 0.3) is 0 Å². The minimum absolute atomic E-state index is 0.589. The van der Waals surface area contributed by atoms with Crippen molar-refractivity contribution in [2.75, 3.05) is 26.8 Å². The lowest BCUT2D eigenvalue weighted by atomic mass is 9.99. The summed E-state index contributed by atoms with van der Waals surface area (Å²) in [4.78, 5) is 6.79.